The van der Waals surface area contributed by atoms with Crippen molar-refractivity contribution < 1.29 is 9.63 Å². The minimum Gasteiger partial charge on any atom is -0.368 e. The van der Waals surface area contributed by atoms with E-state index in [2.05, 4.69) is 19.3 Å². The molecule has 0 radical (unpaired) electrons. The first kappa shape index (κ1) is 12.4. The van der Waals surface area contributed by atoms with Crippen LogP contribution in [0.25, 0.3) is 0 Å². The lowest BCUT2D eigenvalue weighted by Gasteiger charge is -2.15. The summed E-state index contributed by atoms with van der Waals surface area (Å²) in [5, 5.41) is 0. The van der Waals surface area contributed by atoms with Crippen LogP contribution in [0.4, 0.5) is 0 Å². The smallest absolute Gasteiger partial charge is 0.245 e. The van der Waals surface area contributed by atoms with Gasteiger partial charge in [0.05, 0.1) is 0 Å². The number of hydrogen-bond donors (Lipinski definition) is 2. The molecule has 0 aromatic rings. The molecular formula is C9H20N2O2. The van der Waals surface area contributed by atoms with Gasteiger partial charge in [0, 0.05) is 6.04 Å². The first-order valence-electron chi connectivity index (χ1n) is 4.86. The highest BCUT2D eigenvalue weighted by molar-refractivity contribution is 5.74. The maximum Gasteiger partial charge on any atom is 0.245 e. The van der Waals surface area contributed by atoms with Gasteiger partial charge in [-0.05, 0) is 12.8 Å². The quantitative estimate of drug-likeness (QED) is 0.558. The van der Waals surface area contributed by atoms with Crippen molar-refractivity contribution in [2.75, 3.05) is 6.61 Å². The Bertz CT molecular complexity index is 134. The van der Waals surface area contributed by atoms with Gasteiger partial charge in [0.25, 0.3) is 0 Å². The van der Waals surface area contributed by atoms with E-state index in [4.69, 9.17) is 10.6 Å². The molecule has 1 amide bonds. The zero-order valence-corrected chi connectivity index (χ0v) is 8.51. The Morgan fingerprint density at radius 3 is 2.31 bits per heavy atom. The van der Waals surface area contributed by atoms with E-state index in [1.54, 1.807) is 0 Å². The average Bonchev–Trinajstić information content (AvgIpc) is 2.04. The Balaban J connectivity index is 3.49. The lowest BCUT2D eigenvalue weighted by Crippen LogP contribution is -2.32. The normalized spacial score (nSPS) is 10.7. The van der Waals surface area contributed by atoms with Crippen molar-refractivity contribution in [2.45, 2.75) is 45.6 Å². The van der Waals surface area contributed by atoms with Gasteiger partial charge in [-0.15, -0.1) is 0 Å². The second-order valence-corrected chi connectivity index (χ2v) is 3.15. The van der Waals surface area contributed by atoms with Gasteiger partial charge in [-0.2, -0.15) is 5.48 Å². The fourth-order valence-electron chi connectivity index (χ4n) is 1.19. The lowest BCUT2D eigenvalue weighted by atomic mass is 10.1. The summed E-state index contributed by atoms with van der Waals surface area (Å²) in [6.45, 7) is 4.20. The highest BCUT2D eigenvalue weighted by Gasteiger charge is 2.05. The molecule has 78 valence electrons. The van der Waals surface area contributed by atoms with Gasteiger partial charge >= 0.3 is 0 Å². The third kappa shape index (κ3) is 7.74. The van der Waals surface area contributed by atoms with Gasteiger partial charge in [-0.1, -0.05) is 26.7 Å². The molecule has 0 bridgehead atoms. The highest BCUT2D eigenvalue weighted by Crippen LogP contribution is 2.03. The molecule has 0 spiro atoms. The standard InChI is InChI=1S/C9H20N2O2/c1-3-5-8(6-4-2)11-13-7-9(10)12/h8,11H,3-7H2,1-2H3,(H2,10,12). The van der Waals surface area contributed by atoms with Crippen LogP contribution in [-0.4, -0.2) is 18.6 Å². The zero-order valence-electron chi connectivity index (χ0n) is 8.51. The van der Waals surface area contributed by atoms with Crippen molar-refractivity contribution >= 4 is 5.91 Å². The molecule has 0 fully saturated rings. The lowest BCUT2D eigenvalue weighted by molar-refractivity contribution is -0.126. The summed E-state index contributed by atoms with van der Waals surface area (Å²) in [5.74, 6) is -0.445. The van der Waals surface area contributed by atoms with Gasteiger partial charge in [0.2, 0.25) is 5.91 Å². The molecule has 13 heavy (non-hydrogen) atoms. The molecule has 3 N–H and O–H groups in total. The first-order valence-corrected chi connectivity index (χ1v) is 4.86. The van der Waals surface area contributed by atoms with Gasteiger partial charge in [0.15, 0.2) is 0 Å². The number of amides is 1. The van der Waals surface area contributed by atoms with Crippen LogP contribution in [-0.2, 0) is 9.63 Å². The minimum atomic E-state index is -0.445. The molecule has 0 aliphatic rings. The molecule has 0 saturated heterocycles. The topological polar surface area (TPSA) is 64.3 Å². The van der Waals surface area contributed by atoms with Crippen LogP contribution in [0.1, 0.15) is 39.5 Å². The number of rotatable bonds is 8. The van der Waals surface area contributed by atoms with Crippen molar-refractivity contribution in [3.8, 4) is 0 Å². The molecule has 0 aliphatic carbocycles. The molecule has 0 rings (SSSR count). The largest absolute Gasteiger partial charge is 0.368 e. The summed E-state index contributed by atoms with van der Waals surface area (Å²) in [4.78, 5) is 15.3. The third-order valence-corrected chi connectivity index (χ3v) is 1.74. The molecule has 0 aromatic heterocycles. The van der Waals surface area contributed by atoms with Crippen molar-refractivity contribution in [3.63, 3.8) is 0 Å². The SMILES string of the molecule is CCCC(CCC)NOCC(N)=O. The Labute approximate surface area is 79.8 Å². The van der Waals surface area contributed by atoms with Crippen LogP contribution in [0.2, 0.25) is 0 Å². The summed E-state index contributed by atoms with van der Waals surface area (Å²) >= 11 is 0. The zero-order chi connectivity index (χ0) is 10.1. The van der Waals surface area contributed by atoms with Gasteiger partial charge in [-0.3, -0.25) is 9.63 Å². The van der Waals surface area contributed by atoms with Crippen LogP contribution in [0, 0.1) is 0 Å². The fourth-order valence-corrected chi connectivity index (χ4v) is 1.19. The molecule has 0 saturated carbocycles. The third-order valence-electron chi connectivity index (χ3n) is 1.74. The molecule has 0 unspecified atom stereocenters. The number of carbonyl (C=O) groups is 1. The Morgan fingerprint density at radius 1 is 1.38 bits per heavy atom. The van der Waals surface area contributed by atoms with Gasteiger partial charge in [0.1, 0.15) is 6.61 Å². The predicted octanol–water partition coefficient (Wildman–Crippen LogP) is 0.962. The summed E-state index contributed by atoms with van der Waals surface area (Å²) < 4.78 is 0. The summed E-state index contributed by atoms with van der Waals surface area (Å²) in [6, 6.07) is 0.342. The second-order valence-electron chi connectivity index (χ2n) is 3.15. The number of hydrogen-bond acceptors (Lipinski definition) is 3. The van der Waals surface area contributed by atoms with E-state index in [1.165, 1.54) is 0 Å². The number of primary amides is 1. The molecular weight excluding hydrogens is 168 g/mol. The highest BCUT2D eigenvalue weighted by atomic mass is 16.6. The van der Waals surface area contributed by atoms with E-state index in [0.29, 0.717) is 6.04 Å². The molecule has 0 heterocycles. The Kier molecular flexibility index (Phi) is 7.63. The van der Waals surface area contributed by atoms with E-state index in [-0.39, 0.29) is 6.61 Å². The Morgan fingerprint density at radius 2 is 1.92 bits per heavy atom. The van der Waals surface area contributed by atoms with E-state index >= 15 is 0 Å². The number of hydroxylamine groups is 1. The van der Waals surface area contributed by atoms with Crippen LogP contribution in [0.15, 0.2) is 0 Å². The molecule has 0 atom stereocenters. The molecule has 4 nitrogen and oxygen atoms in total. The first-order chi connectivity index (χ1) is 6.20. The van der Waals surface area contributed by atoms with E-state index < -0.39 is 5.91 Å². The summed E-state index contributed by atoms with van der Waals surface area (Å²) in [6.07, 6.45) is 4.34. The monoisotopic (exact) mass is 188 g/mol. The van der Waals surface area contributed by atoms with E-state index in [1.807, 2.05) is 0 Å². The second kappa shape index (κ2) is 8.01. The molecule has 0 aromatic carbocycles. The van der Waals surface area contributed by atoms with E-state index in [9.17, 15) is 4.79 Å². The average molecular weight is 188 g/mol. The minimum absolute atomic E-state index is 0.0517. The van der Waals surface area contributed by atoms with Crippen molar-refractivity contribution in [1.29, 1.82) is 0 Å². The number of nitrogens with one attached hydrogen (secondary N) is 1. The van der Waals surface area contributed by atoms with Gasteiger partial charge in [-0.25, -0.2) is 0 Å². The van der Waals surface area contributed by atoms with Crippen LogP contribution in [0.3, 0.4) is 0 Å². The Hall–Kier alpha value is -0.610. The van der Waals surface area contributed by atoms with Crippen LogP contribution >= 0.6 is 0 Å². The molecule has 4 heteroatoms. The predicted molar refractivity (Wildman–Crippen MR) is 51.9 cm³/mol. The van der Waals surface area contributed by atoms with Crippen LogP contribution in [0.5, 0.6) is 0 Å². The molecule has 0 aliphatic heterocycles. The van der Waals surface area contributed by atoms with Crippen LogP contribution < -0.4 is 11.2 Å². The fraction of sp³-hybridized carbons (Fsp3) is 0.889. The van der Waals surface area contributed by atoms with Crippen molar-refractivity contribution in [3.05, 3.63) is 0 Å². The van der Waals surface area contributed by atoms with Crippen molar-refractivity contribution in [1.82, 2.24) is 5.48 Å². The number of carbonyl (C=O) groups excluding carboxylic acids is 1. The summed E-state index contributed by atoms with van der Waals surface area (Å²) in [7, 11) is 0. The maximum atomic E-state index is 10.4. The number of nitrogens with two attached hydrogens (primary N) is 1. The summed E-state index contributed by atoms with van der Waals surface area (Å²) in [5.41, 5.74) is 7.77. The van der Waals surface area contributed by atoms with Crippen molar-refractivity contribution in [2.24, 2.45) is 5.73 Å². The van der Waals surface area contributed by atoms with Gasteiger partial charge < -0.3 is 5.73 Å². The maximum absolute atomic E-state index is 10.4. The van der Waals surface area contributed by atoms with E-state index in [0.717, 1.165) is 25.7 Å².